The SMILES string of the molecule is CC1CN(C(=O)C2(Cc3ccccc3)CCC2)CCN1.Cl. The molecule has 1 saturated carbocycles. The number of hydrogen-bond donors (Lipinski definition) is 1. The average Bonchev–Trinajstić information content (AvgIpc) is 2.43. The van der Waals surface area contributed by atoms with Crippen molar-refractivity contribution in [1.82, 2.24) is 10.2 Å². The van der Waals surface area contributed by atoms with E-state index in [9.17, 15) is 4.79 Å². The Morgan fingerprint density at radius 2 is 2.05 bits per heavy atom. The third-order valence-corrected chi connectivity index (χ3v) is 4.81. The van der Waals surface area contributed by atoms with Crippen molar-refractivity contribution in [2.24, 2.45) is 5.41 Å². The van der Waals surface area contributed by atoms with Crippen molar-refractivity contribution in [1.29, 1.82) is 0 Å². The van der Waals surface area contributed by atoms with Crippen LogP contribution in [0.5, 0.6) is 0 Å². The molecule has 0 bridgehead atoms. The molecule has 1 amide bonds. The first-order valence-corrected chi connectivity index (χ1v) is 7.76. The molecule has 1 atom stereocenters. The van der Waals surface area contributed by atoms with Crippen LogP contribution in [-0.4, -0.2) is 36.5 Å². The van der Waals surface area contributed by atoms with Gasteiger partial charge in [-0.05, 0) is 31.7 Å². The predicted octanol–water partition coefficient (Wildman–Crippen LogP) is 2.64. The Hall–Kier alpha value is -1.06. The zero-order chi connectivity index (χ0) is 14.0. The quantitative estimate of drug-likeness (QED) is 0.931. The molecule has 1 heterocycles. The minimum absolute atomic E-state index is 0. The Labute approximate surface area is 133 Å². The van der Waals surface area contributed by atoms with Crippen molar-refractivity contribution in [2.75, 3.05) is 19.6 Å². The van der Waals surface area contributed by atoms with Gasteiger partial charge in [0.1, 0.15) is 0 Å². The fourth-order valence-electron chi connectivity index (χ4n) is 3.51. The van der Waals surface area contributed by atoms with E-state index in [1.165, 1.54) is 12.0 Å². The molecule has 1 aromatic rings. The molecular formula is C17H25ClN2O. The average molecular weight is 309 g/mol. The molecule has 0 radical (unpaired) electrons. The van der Waals surface area contributed by atoms with Crippen molar-refractivity contribution < 1.29 is 4.79 Å². The number of halogens is 1. The van der Waals surface area contributed by atoms with E-state index in [4.69, 9.17) is 0 Å². The second-order valence-corrected chi connectivity index (χ2v) is 6.40. The first kappa shape index (κ1) is 16.3. The van der Waals surface area contributed by atoms with Crippen LogP contribution in [0, 0.1) is 5.41 Å². The molecule has 1 unspecified atom stereocenters. The molecule has 1 saturated heterocycles. The highest BCUT2D eigenvalue weighted by Gasteiger charge is 2.46. The van der Waals surface area contributed by atoms with Gasteiger partial charge in [-0.2, -0.15) is 0 Å². The summed E-state index contributed by atoms with van der Waals surface area (Å²) in [6.07, 6.45) is 4.21. The Kier molecular flexibility index (Phi) is 5.28. The van der Waals surface area contributed by atoms with Gasteiger partial charge in [0.2, 0.25) is 5.91 Å². The molecule has 0 aromatic heterocycles. The Balaban J connectivity index is 0.00000161. The van der Waals surface area contributed by atoms with Gasteiger partial charge in [-0.25, -0.2) is 0 Å². The van der Waals surface area contributed by atoms with Crippen molar-refractivity contribution in [2.45, 2.75) is 38.6 Å². The number of benzene rings is 1. The van der Waals surface area contributed by atoms with Crippen molar-refractivity contribution in [3.8, 4) is 0 Å². The molecule has 1 aliphatic carbocycles. The topological polar surface area (TPSA) is 32.3 Å². The number of piperazine rings is 1. The van der Waals surface area contributed by atoms with Crippen molar-refractivity contribution in [3.63, 3.8) is 0 Å². The van der Waals surface area contributed by atoms with E-state index in [0.717, 1.165) is 38.9 Å². The number of rotatable bonds is 3. The zero-order valence-corrected chi connectivity index (χ0v) is 13.5. The van der Waals surface area contributed by atoms with Crippen LogP contribution in [0.3, 0.4) is 0 Å². The van der Waals surface area contributed by atoms with Crippen LogP contribution in [-0.2, 0) is 11.2 Å². The lowest BCUT2D eigenvalue weighted by molar-refractivity contribution is -0.148. The Bertz CT molecular complexity index is 473. The minimum atomic E-state index is -0.113. The minimum Gasteiger partial charge on any atom is -0.339 e. The summed E-state index contributed by atoms with van der Waals surface area (Å²) in [5.41, 5.74) is 1.18. The van der Waals surface area contributed by atoms with Gasteiger partial charge in [-0.15, -0.1) is 12.4 Å². The fraction of sp³-hybridized carbons (Fsp3) is 0.588. The molecule has 21 heavy (non-hydrogen) atoms. The summed E-state index contributed by atoms with van der Waals surface area (Å²) in [6, 6.07) is 10.9. The largest absolute Gasteiger partial charge is 0.339 e. The molecule has 2 fully saturated rings. The number of carbonyl (C=O) groups excluding carboxylic acids is 1. The molecule has 4 heteroatoms. The maximum absolute atomic E-state index is 13.0. The van der Waals surface area contributed by atoms with E-state index >= 15 is 0 Å². The molecule has 1 aliphatic heterocycles. The number of nitrogens with zero attached hydrogens (tertiary/aromatic N) is 1. The van der Waals surface area contributed by atoms with E-state index in [1.807, 2.05) is 6.07 Å². The second kappa shape index (κ2) is 6.80. The van der Waals surface area contributed by atoms with Crippen molar-refractivity contribution in [3.05, 3.63) is 35.9 Å². The van der Waals surface area contributed by atoms with Gasteiger partial charge in [-0.3, -0.25) is 4.79 Å². The first-order valence-electron chi connectivity index (χ1n) is 7.76. The van der Waals surface area contributed by atoms with E-state index in [1.54, 1.807) is 0 Å². The Morgan fingerprint density at radius 1 is 1.33 bits per heavy atom. The standard InChI is InChI=1S/C17H24N2O.ClH/c1-14-13-19(11-10-18-14)16(20)17(8-5-9-17)12-15-6-3-2-4-7-15;/h2-4,6-7,14,18H,5,8-13H2,1H3;1H. The molecule has 116 valence electrons. The lowest BCUT2D eigenvalue weighted by atomic mass is 9.64. The molecule has 3 nitrogen and oxygen atoms in total. The first-order chi connectivity index (χ1) is 9.70. The van der Waals surface area contributed by atoms with Crippen LogP contribution in [0.25, 0.3) is 0 Å². The van der Waals surface area contributed by atoms with Crippen LogP contribution < -0.4 is 5.32 Å². The normalized spacial score (nSPS) is 23.9. The molecule has 1 N–H and O–H groups in total. The fourth-order valence-corrected chi connectivity index (χ4v) is 3.51. The van der Waals surface area contributed by atoms with Crippen LogP contribution in [0.1, 0.15) is 31.7 Å². The molecular weight excluding hydrogens is 284 g/mol. The summed E-state index contributed by atoms with van der Waals surface area (Å²) < 4.78 is 0. The highest BCUT2D eigenvalue weighted by atomic mass is 35.5. The van der Waals surface area contributed by atoms with E-state index < -0.39 is 0 Å². The maximum atomic E-state index is 13.0. The number of hydrogen-bond acceptors (Lipinski definition) is 2. The van der Waals surface area contributed by atoms with Gasteiger partial charge in [0.25, 0.3) is 0 Å². The van der Waals surface area contributed by atoms with Gasteiger partial charge in [-0.1, -0.05) is 36.8 Å². The molecule has 3 rings (SSSR count). The third kappa shape index (κ3) is 3.41. The monoisotopic (exact) mass is 308 g/mol. The van der Waals surface area contributed by atoms with Gasteiger partial charge < -0.3 is 10.2 Å². The summed E-state index contributed by atoms with van der Waals surface area (Å²) in [5, 5.41) is 3.41. The third-order valence-electron chi connectivity index (χ3n) is 4.81. The number of carbonyl (C=O) groups is 1. The maximum Gasteiger partial charge on any atom is 0.229 e. The lowest BCUT2D eigenvalue weighted by Gasteiger charge is -2.45. The summed E-state index contributed by atoms with van der Waals surface area (Å²) in [7, 11) is 0. The molecule has 1 aromatic carbocycles. The smallest absolute Gasteiger partial charge is 0.229 e. The summed E-state index contributed by atoms with van der Waals surface area (Å²) in [4.78, 5) is 15.0. The van der Waals surface area contributed by atoms with Gasteiger partial charge in [0.05, 0.1) is 5.41 Å². The van der Waals surface area contributed by atoms with E-state index in [2.05, 4.69) is 41.4 Å². The van der Waals surface area contributed by atoms with Gasteiger partial charge in [0.15, 0.2) is 0 Å². The number of nitrogens with one attached hydrogen (secondary N) is 1. The van der Waals surface area contributed by atoms with E-state index in [-0.39, 0.29) is 17.8 Å². The van der Waals surface area contributed by atoms with Crippen LogP contribution >= 0.6 is 12.4 Å². The van der Waals surface area contributed by atoms with Gasteiger partial charge in [0, 0.05) is 25.7 Å². The highest BCUT2D eigenvalue weighted by Crippen LogP contribution is 2.45. The Morgan fingerprint density at radius 3 is 2.62 bits per heavy atom. The van der Waals surface area contributed by atoms with Gasteiger partial charge >= 0.3 is 0 Å². The molecule has 2 aliphatic rings. The highest BCUT2D eigenvalue weighted by molar-refractivity contribution is 5.85. The summed E-state index contributed by atoms with van der Waals surface area (Å²) in [6.45, 7) is 4.80. The summed E-state index contributed by atoms with van der Waals surface area (Å²) >= 11 is 0. The number of amides is 1. The molecule has 0 spiro atoms. The van der Waals surface area contributed by atoms with Crippen LogP contribution in [0.15, 0.2) is 30.3 Å². The van der Waals surface area contributed by atoms with E-state index in [0.29, 0.717) is 11.9 Å². The van der Waals surface area contributed by atoms with Crippen LogP contribution in [0.2, 0.25) is 0 Å². The predicted molar refractivity (Wildman–Crippen MR) is 87.7 cm³/mol. The zero-order valence-electron chi connectivity index (χ0n) is 12.7. The van der Waals surface area contributed by atoms with Crippen molar-refractivity contribution >= 4 is 18.3 Å². The van der Waals surface area contributed by atoms with Crippen LogP contribution in [0.4, 0.5) is 0 Å². The lowest BCUT2D eigenvalue weighted by Crippen LogP contribution is -2.57. The summed E-state index contributed by atoms with van der Waals surface area (Å²) in [5.74, 6) is 0.390. The second-order valence-electron chi connectivity index (χ2n) is 6.40.